The summed E-state index contributed by atoms with van der Waals surface area (Å²) in [5, 5.41) is 3.22. The Hall–Kier alpha value is -3.00. The molecule has 33 heavy (non-hydrogen) atoms. The van der Waals surface area contributed by atoms with Crippen LogP contribution in [0, 0.1) is 6.92 Å². The number of carbonyl (C=O) groups is 2. The first-order valence-corrected chi connectivity index (χ1v) is 12.3. The van der Waals surface area contributed by atoms with Crippen molar-refractivity contribution >= 4 is 39.1 Å². The molecular formula is C25H29N3O4S. The lowest BCUT2D eigenvalue weighted by molar-refractivity contribution is -0.118. The summed E-state index contributed by atoms with van der Waals surface area (Å²) >= 11 is 1.17. The predicted octanol–water partition coefficient (Wildman–Crippen LogP) is 5.02. The number of rotatable bonds is 6. The van der Waals surface area contributed by atoms with Crippen LogP contribution in [0.2, 0.25) is 0 Å². The molecule has 1 N–H and O–H groups in total. The molecule has 3 aromatic rings. The lowest BCUT2D eigenvalue weighted by atomic mass is 9.98. The van der Waals surface area contributed by atoms with E-state index in [0.29, 0.717) is 26.3 Å². The smallest absolute Gasteiger partial charge is 0.348 e. The maximum atomic E-state index is 13.3. The Morgan fingerprint density at radius 1 is 1.21 bits per heavy atom. The van der Waals surface area contributed by atoms with E-state index in [2.05, 4.69) is 17.2 Å². The van der Waals surface area contributed by atoms with Gasteiger partial charge in [-0.1, -0.05) is 25.5 Å². The number of hydrogen-bond donors (Lipinski definition) is 1. The molecule has 174 valence electrons. The quantitative estimate of drug-likeness (QED) is 0.514. The molecule has 8 heteroatoms. The maximum Gasteiger partial charge on any atom is 0.348 e. The van der Waals surface area contributed by atoms with Crippen LogP contribution < -0.4 is 10.9 Å². The van der Waals surface area contributed by atoms with Crippen molar-refractivity contribution in [2.24, 2.45) is 0 Å². The number of nitrogens with zero attached hydrogens (tertiary/aromatic N) is 2. The highest BCUT2D eigenvalue weighted by atomic mass is 32.1. The molecule has 1 aliphatic carbocycles. The number of aryl methyl sites for hydroxylation is 2. The van der Waals surface area contributed by atoms with E-state index in [0.717, 1.165) is 32.1 Å². The summed E-state index contributed by atoms with van der Waals surface area (Å²) in [5.41, 5.74) is 2.07. The SMILES string of the molecule is CCc1ccc(NC(=O)C(C)n2cnc3sc(C(=O)OC4CCCCC4)c(C)c3c2=O)cc1. The van der Waals surface area contributed by atoms with Gasteiger partial charge in [-0.05, 0) is 69.2 Å². The minimum Gasteiger partial charge on any atom is -0.458 e. The van der Waals surface area contributed by atoms with Crippen molar-refractivity contribution in [3.8, 4) is 0 Å². The van der Waals surface area contributed by atoms with Crippen molar-refractivity contribution in [3.05, 3.63) is 57.0 Å². The topological polar surface area (TPSA) is 90.3 Å². The molecule has 1 aromatic carbocycles. The summed E-state index contributed by atoms with van der Waals surface area (Å²) in [5.74, 6) is -0.706. The molecule has 4 rings (SSSR count). The van der Waals surface area contributed by atoms with E-state index in [1.54, 1.807) is 13.8 Å². The third kappa shape index (κ3) is 4.85. The summed E-state index contributed by atoms with van der Waals surface area (Å²) in [6.07, 6.45) is 7.31. The Labute approximate surface area is 196 Å². The maximum absolute atomic E-state index is 13.3. The van der Waals surface area contributed by atoms with Crippen molar-refractivity contribution in [3.63, 3.8) is 0 Å². The van der Waals surface area contributed by atoms with Crippen LogP contribution in [0.4, 0.5) is 5.69 Å². The molecule has 0 radical (unpaired) electrons. The number of fused-ring (bicyclic) bond motifs is 1. The first-order valence-electron chi connectivity index (χ1n) is 11.5. The zero-order chi connectivity index (χ0) is 23.5. The highest BCUT2D eigenvalue weighted by molar-refractivity contribution is 7.20. The van der Waals surface area contributed by atoms with Gasteiger partial charge in [-0.2, -0.15) is 0 Å². The summed E-state index contributed by atoms with van der Waals surface area (Å²) in [7, 11) is 0. The zero-order valence-corrected chi connectivity index (χ0v) is 20.0. The van der Waals surface area contributed by atoms with Crippen LogP contribution in [0.5, 0.6) is 0 Å². The standard InChI is InChI=1S/C25H29N3O4S/c1-4-17-10-12-18(13-11-17)27-22(29)16(3)28-14-26-23-20(24(28)30)15(2)21(33-23)25(31)32-19-8-6-5-7-9-19/h10-14,16,19H,4-9H2,1-3H3,(H,27,29). The molecule has 2 heterocycles. The van der Waals surface area contributed by atoms with Gasteiger partial charge in [0, 0.05) is 5.69 Å². The Balaban J connectivity index is 1.56. The van der Waals surface area contributed by atoms with Gasteiger partial charge in [0.1, 0.15) is 21.9 Å². The number of thiophene rings is 1. The van der Waals surface area contributed by atoms with Gasteiger partial charge in [-0.15, -0.1) is 11.3 Å². The fourth-order valence-corrected chi connectivity index (χ4v) is 5.21. The molecule has 0 spiro atoms. The third-order valence-corrected chi connectivity index (χ3v) is 7.49. The number of aromatic nitrogens is 2. The van der Waals surface area contributed by atoms with Crippen LogP contribution in [0.1, 0.15) is 72.8 Å². The number of carbonyl (C=O) groups excluding carboxylic acids is 2. The van der Waals surface area contributed by atoms with Crippen molar-refractivity contribution in [2.45, 2.75) is 71.4 Å². The van der Waals surface area contributed by atoms with Crippen LogP contribution in [-0.2, 0) is 16.0 Å². The second kappa shape index (κ2) is 9.87. The summed E-state index contributed by atoms with van der Waals surface area (Å²) in [4.78, 5) is 44.1. The van der Waals surface area contributed by atoms with Gasteiger partial charge in [0.05, 0.1) is 11.7 Å². The largest absolute Gasteiger partial charge is 0.458 e. The number of nitrogens with one attached hydrogen (secondary N) is 1. The monoisotopic (exact) mass is 467 g/mol. The fraction of sp³-hybridized carbons (Fsp3) is 0.440. The molecule has 7 nitrogen and oxygen atoms in total. The number of anilines is 1. The molecule has 2 aromatic heterocycles. The highest BCUT2D eigenvalue weighted by Crippen LogP contribution is 2.30. The normalized spacial score (nSPS) is 15.4. The van der Waals surface area contributed by atoms with Crippen LogP contribution in [0.25, 0.3) is 10.2 Å². The van der Waals surface area contributed by atoms with E-state index >= 15 is 0 Å². The van der Waals surface area contributed by atoms with Crippen molar-refractivity contribution in [1.82, 2.24) is 9.55 Å². The average Bonchev–Trinajstić information content (AvgIpc) is 3.17. The molecule has 1 atom stereocenters. The molecule has 0 aliphatic heterocycles. The number of hydrogen-bond acceptors (Lipinski definition) is 6. The van der Waals surface area contributed by atoms with E-state index in [1.807, 2.05) is 24.3 Å². The van der Waals surface area contributed by atoms with Crippen LogP contribution in [-0.4, -0.2) is 27.5 Å². The molecule has 1 unspecified atom stereocenters. The van der Waals surface area contributed by atoms with Gasteiger partial charge in [-0.25, -0.2) is 9.78 Å². The van der Waals surface area contributed by atoms with Crippen molar-refractivity contribution < 1.29 is 14.3 Å². The number of ether oxygens (including phenoxy) is 1. The number of esters is 1. The molecule has 1 aliphatic rings. The average molecular weight is 468 g/mol. The number of benzene rings is 1. The summed E-state index contributed by atoms with van der Waals surface area (Å²) < 4.78 is 7.01. The molecule has 1 amide bonds. The minimum atomic E-state index is -0.766. The Kier molecular flexibility index (Phi) is 6.93. The van der Waals surface area contributed by atoms with E-state index in [1.165, 1.54) is 34.2 Å². The Morgan fingerprint density at radius 3 is 2.58 bits per heavy atom. The molecular weight excluding hydrogens is 438 g/mol. The lowest BCUT2D eigenvalue weighted by Gasteiger charge is -2.21. The van der Waals surface area contributed by atoms with Gasteiger partial charge in [0.25, 0.3) is 5.56 Å². The van der Waals surface area contributed by atoms with Crippen LogP contribution in [0.3, 0.4) is 0 Å². The molecule has 1 fully saturated rings. The summed E-state index contributed by atoms with van der Waals surface area (Å²) in [6, 6.07) is 6.85. The van der Waals surface area contributed by atoms with Gasteiger partial charge in [0.15, 0.2) is 0 Å². The summed E-state index contributed by atoms with van der Waals surface area (Å²) in [6.45, 7) is 5.47. The number of amides is 1. The van der Waals surface area contributed by atoms with E-state index in [9.17, 15) is 14.4 Å². The fourth-order valence-electron chi connectivity index (χ4n) is 4.19. The zero-order valence-electron chi connectivity index (χ0n) is 19.2. The van der Waals surface area contributed by atoms with Gasteiger partial charge in [0.2, 0.25) is 5.91 Å². The van der Waals surface area contributed by atoms with Crippen molar-refractivity contribution in [1.29, 1.82) is 0 Å². The first-order chi connectivity index (χ1) is 15.9. The molecule has 0 bridgehead atoms. The van der Waals surface area contributed by atoms with Crippen LogP contribution in [0.15, 0.2) is 35.4 Å². The Bertz CT molecular complexity index is 1220. The predicted molar refractivity (Wildman–Crippen MR) is 130 cm³/mol. The second-order valence-corrected chi connectivity index (χ2v) is 9.57. The first kappa shape index (κ1) is 23.2. The van der Waals surface area contributed by atoms with Crippen molar-refractivity contribution in [2.75, 3.05) is 5.32 Å². The van der Waals surface area contributed by atoms with Gasteiger partial charge < -0.3 is 10.1 Å². The minimum absolute atomic E-state index is 0.0596. The third-order valence-electron chi connectivity index (χ3n) is 6.31. The van der Waals surface area contributed by atoms with Crippen LogP contribution >= 0.6 is 11.3 Å². The van der Waals surface area contributed by atoms with E-state index in [4.69, 9.17) is 4.74 Å². The highest BCUT2D eigenvalue weighted by Gasteiger charge is 2.26. The Morgan fingerprint density at radius 2 is 1.91 bits per heavy atom. The molecule has 0 saturated heterocycles. The lowest BCUT2D eigenvalue weighted by Crippen LogP contribution is -2.31. The van der Waals surface area contributed by atoms with Gasteiger partial charge >= 0.3 is 5.97 Å². The molecule has 1 saturated carbocycles. The second-order valence-electron chi connectivity index (χ2n) is 8.57. The van der Waals surface area contributed by atoms with E-state index in [-0.39, 0.29) is 17.6 Å². The van der Waals surface area contributed by atoms with E-state index < -0.39 is 12.0 Å². The van der Waals surface area contributed by atoms with Gasteiger partial charge in [-0.3, -0.25) is 14.2 Å².